The van der Waals surface area contributed by atoms with Crippen LogP contribution in [0.5, 0.6) is 0 Å². The van der Waals surface area contributed by atoms with Gasteiger partial charge in [0.1, 0.15) is 6.04 Å². The van der Waals surface area contributed by atoms with E-state index in [9.17, 15) is 18.0 Å². The van der Waals surface area contributed by atoms with Crippen LogP contribution in [0.1, 0.15) is 12.8 Å². The smallest absolute Gasteiger partial charge is 0.328 e. The van der Waals surface area contributed by atoms with Crippen molar-refractivity contribution in [2.75, 3.05) is 18.6 Å². The molecule has 1 saturated heterocycles. The molecule has 0 aliphatic carbocycles. The van der Waals surface area contributed by atoms with E-state index in [2.05, 4.69) is 4.74 Å². The third-order valence-electron chi connectivity index (χ3n) is 3.05. The lowest BCUT2D eigenvalue weighted by atomic mass is 10.2. The maximum atomic E-state index is 13.6. The van der Waals surface area contributed by atoms with Gasteiger partial charge in [-0.15, -0.1) is 0 Å². The summed E-state index contributed by atoms with van der Waals surface area (Å²) in [6.45, 7) is 0.405. The molecule has 0 saturated carbocycles. The molecule has 6 heteroatoms. The Morgan fingerprint density at radius 1 is 1.33 bits per heavy atom. The van der Waals surface area contributed by atoms with Gasteiger partial charge in [0.05, 0.1) is 12.8 Å². The van der Waals surface area contributed by atoms with E-state index in [1.165, 1.54) is 12.0 Å². The summed E-state index contributed by atoms with van der Waals surface area (Å²) < 4.78 is 44.3. The number of nitrogens with zero attached hydrogens (tertiary/aromatic N) is 1. The van der Waals surface area contributed by atoms with Crippen molar-refractivity contribution in [3.05, 3.63) is 29.6 Å². The number of anilines is 1. The summed E-state index contributed by atoms with van der Waals surface area (Å²) in [6.07, 6.45) is 1.17. The van der Waals surface area contributed by atoms with Gasteiger partial charge in [0.15, 0.2) is 17.5 Å². The Balaban J connectivity index is 2.36. The summed E-state index contributed by atoms with van der Waals surface area (Å²) >= 11 is 0. The van der Waals surface area contributed by atoms with Gasteiger partial charge in [0.25, 0.3) is 0 Å². The van der Waals surface area contributed by atoms with Gasteiger partial charge >= 0.3 is 5.97 Å². The van der Waals surface area contributed by atoms with Gasteiger partial charge in [-0.3, -0.25) is 0 Å². The summed E-state index contributed by atoms with van der Waals surface area (Å²) in [5.41, 5.74) is -0.109. The Labute approximate surface area is 102 Å². The molecular formula is C12H12F3NO2. The van der Waals surface area contributed by atoms with Crippen molar-refractivity contribution in [2.45, 2.75) is 18.9 Å². The van der Waals surface area contributed by atoms with Crippen LogP contribution in [0.2, 0.25) is 0 Å². The van der Waals surface area contributed by atoms with Crippen molar-refractivity contribution in [3.8, 4) is 0 Å². The summed E-state index contributed by atoms with van der Waals surface area (Å²) in [4.78, 5) is 12.9. The zero-order chi connectivity index (χ0) is 13.3. The van der Waals surface area contributed by atoms with E-state index >= 15 is 0 Å². The first-order valence-electron chi connectivity index (χ1n) is 5.54. The highest BCUT2D eigenvalue weighted by Gasteiger charge is 2.34. The highest BCUT2D eigenvalue weighted by atomic mass is 19.2. The van der Waals surface area contributed by atoms with Gasteiger partial charge in [-0.1, -0.05) is 0 Å². The van der Waals surface area contributed by atoms with Crippen LogP contribution in [-0.4, -0.2) is 25.7 Å². The summed E-state index contributed by atoms with van der Waals surface area (Å²) in [7, 11) is 1.24. The minimum Gasteiger partial charge on any atom is -0.467 e. The molecule has 1 aromatic carbocycles. The number of benzene rings is 1. The van der Waals surface area contributed by atoms with Crippen LogP contribution in [0, 0.1) is 17.5 Å². The lowest BCUT2D eigenvalue weighted by Crippen LogP contribution is -2.37. The van der Waals surface area contributed by atoms with Crippen LogP contribution in [-0.2, 0) is 9.53 Å². The van der Waals surface area contributed by atoms with Crippen molar-refractivity contribution in [1.82, 2.24) is 0 Å². The molecule has 2 rings (SSSR count). The Hall–Kier alpha value is -1.72. The van der Waals surface area contributed by atoms with E-state index in [0.29, 0.717) is 19.4 Å². The molecule has 1 unspecified atom stereocenters. The number of ether oxygens (including phenoxy) is 1. The number of carbonyl (C=O) groups excluding carboxylic acids is 1. The van der Waals surface area contributed by atoms with Crippen LogP contribution in [0.4, 0.5) is 18.9 Å². The van der Waals surface area contributed by atoms with Crippen molar-refractivity contribution >= 4 is 11.7 Å². The quantitative estimate of drug-likeness (QED) is 0.602. The number of carbonyl (C=O) groups is 1. The third-order valence-corrected chi connectivity index (χ3v) is 3.05. The van der Waals surface area contributed by atoms with Crippen LogP contribution in [0.25, 0.3) is 0 Å². The molecule has 98 valence electrons. The molecule has 0 amide bonds. The average molecular weight is 259 g/mol. The summed E-state index contributed by atoms with van der Waals surface area (Å²) in [6, 6.07) is 1.34. The molecule has 0 aromatic heterocycles. The molecule has 0 radical (unpaired) electrons. The molecule has 0 spiro atoms. The second-order valence-electron chi connectivity index (χ2n) is 4.07. The van der Waals surface area contributed by atoms with E-state index in [1.807, 2.05) is 0 Å². The monoisotopic (exact) mass is 259 g/mol. The predicted molar refractivity (Wildman–Crippen MR) is 58.7 cm³/mol. The fourth-order valence-corrected chi connectivity index (χ4v) is 2.17. The van der Waals surface area contributed by atoms with Crippen LogP contribution in [0.3, 0.4) is 0 Å². The first-order chi connectivity index (χ1) is 8.56. The Morgan fingerprint density at radius 2 is 2.06 bits per heavy atom. The van der Waals surface area contributed by atoms with Crippen molar-refractivity contribution < 1.29 is 22.7 Å². The fourth-order valence-electron chi connectivity index (χ4n) is 2.17. The number of hydrogen-bond donors (Lipinski definition) is 0. The standard InChI is InChI=1S/C12H12F3NO2/c1-18-12(17)9-3-2-6-16(9)8-5-4-7(13)10(14)11(8)15/h4-5,9H,2-3,6H2,1H3. The number of halogens is 3. The SMILES string of the molecule is COC(=O)C1CCCN1c1ccc(F)c(F)c1F. The fraction of sp³-hybridized carbons (Fsp3) is 0.417. The van der Waals surface area contributed by atoms with Crippen molar-refractivity contribution in [2.24, 2.45) is 0 Å². The molecule has 3 nitrogen and oxygen atoms in total. The highest BCUT2D eigenvalue weighted by Crippen LogP contribution is 2.30. The van der Waals surface area contributed by atoms with Gasteiger partial charge in [-0.25, -0.2) is 18.0 Å². The number of rotatable bonds is 2. The van der Waals surface area contributed by atoms with E-state index in [-0.39, 0.29) is 5.69 Å². The van der Waals surface area contributed by atoms with Gasteiger partial charge in [0.2, 0.25) is 0 Å². The molecule has 18 heavy (non-hydrogen) atoms. The van der Waals surface area contributed by atoms with Crippen molar-refractivity contribution in [3.63, 3.8) is 0 Å². The topological polar surface area (TPSA) is 29.5 Å². The van der Waals surface area contributed by atoms with Gasteiger partial charge in [-0.2, -0.15) is 0 Å². The maximum Gasteiger partial charge on any atom is 0.328 e. The average Bonchev–Trinajstić information content (AvgIpc) is 2.84. The second-order valence-corrected chi connectivity index (χ2v) is 4.07. The first kappa shape index (κ1) is 12.7. The molecular weight excluding hydrogens is 247 g/mol. The molecule has 1 heterocycles. The van der Waals surface area contributed by atoms with Gasteiger partial charge < -0.3 is 9.64 Å². The summed E-state index contributed by atoms with van der Waals surface area (Å²) in [5.74, 6) is -4.55. The minimum atomic E-state index is -1.52. The Morgan fingerprint density at radius 3 is 2.72 bits per heavy atom. The lowest BCUT2D eigenvalue weighted by molar-refractivity contribution is -0.141. The molecule has 0 N–H and O–H groups in total. The van der Waals surface area contributed by atoms with Gasteiger partial charge in [-0.05, 0) is 25.0 Å². The molecule has 1 aliphatic rings. The molecule has 0 bridgehead atoms. The zero-order valence-corrected chi connectivity index (χ0v) is 9.75. The van der Waals surface area contributed by atoms with Crippen LogP contribution < -0.4 is 4.90 Å². The number of hydrogen-bond acceptors (Lipinski definition) is 3. The van der Waals surface area contributed by atoms with Crippen LogP contribution in [0.15, 0.2) is 12.1 Å². The zero-order valence-electron chi connectivity index (χ0n) is 9.75. The highest BCUT2D eigenvalue weighted by molar-refractivity contribution is 5.80. The first-order valence-corrected chi connectivity index (χ1v) is 5.54. The second kappa shape index (κ2) is 4.88. The van der Waals surface area contributed by atoms with E-state index in [1.54, 1.807) is 0 Å². The number of esters is 1. The third kappa shape index (κ3) is 2.02. The summed E-state index contributed by atoms with van der Waals surface area (Å²) in [5, 5.41) is 0. The van der Waals surface area contributed by atoms with E-state index in [0.717, 1.165) is 12.1 Å². The maximum absolute atomic E-state index is 13.6. The molecule has 1 atom stereocenters. The lowest BCUT2D eigenvalue weighted by Gasteiger charge is -2.25. The predicted octanol–water partition coefficient (Wildman–Crippen LogP) is 2.25. The van der Waals surface area contributed by atoms with E-state index in [4.69, 9.17) is 0 Å². The van der Waals surface area contributed by atoms with Gasteiger partial charge in [0, 0.05) is 6.54 Å². The largest absolute Gasteiger partial charge is 0.467 e. The normalized spacial score (nSPS) is 19.1. The Kier molecular flexibility index (Phi) is 3.45. The minimum absolute atomic E-state index is 0.109. The Bertz CT molecular complexity index is 479. The van der Waals surface area contributed by atoms with Crippen LogP contribution >= 0.6 is 0 Å². The van der Waals surface area contributed by atoms with E-state index < -0.39 is 29.5 Å². The molecule has 1 fully saturated rings. The van der Waals surface area contributed by atoms with Crippen molar-refractivity contribution in [1.29, 1.82) is 0 Å². The molecule has 1 aliphatic heterocycles. The molecule has 1 aromatic rings. The number of methoxy groups -OCH3 is 1.